The van der Waals surface area contributed by atoms with E-state index in [0.717, 1.165) is 11.3 Å². The number of rotatable bonds is 3. The molecule has 0 aromatic heterocycles. The molecule has 0 aliphatic heterocycles. The molecule has 0 aliphatic rings. The Labute approximate surface area is 86.0 Å². The second kappa shape index (κ2) is 4.42. The summed E-state index contributed by atoms with van der Waals surface area (Å²) < 4.78 is 5.25. The molecular formula is C10H11BrO2. The van der Waals surface area contributed by atoms with Gasteiger partial charge in [0.1, 0.15) is 5.75 Å². The van der Waals surface area contributed by atoms with Gasteiger partial charge in [-0.25, -0.2) is 0 Å². The minimum Gasteiger partial charge on any atom is -0.494 e. The van der Waals surface area contributed by atoms with Crippen molar-refractivity contribution < 1.29 is 9.53 Å². The summed E-state index contributed by atoms with van der Waals surface area (Å²) >= 11 is 2.90. The lowest BCUT2D eigenvalue weighted by Crippen LogP contribution is -1.96. The number of carbonyl (C=O) groups is 1. The highest BCUT2D eigenvalue weighted by Crippen LogP contribution is 2.20. The van der Waals surface area contributed by atoms with Crippen LogP contribution in [-0.2, 0) is 0 Å². The molecule has 0 atom stereocenters. The molecule has 13 heavy (non-hydrogen) atoms. The van der Waals surface area contributed by atoms with Crippen molar-refractivity contribution in [3.05, 3.63) is 29.3 Å². The van der Waals surface area contributed by atoms with E-state index in [9.17, 15) is 4.79 Å². The Morgan fingerprint density at radius 3 is 2.69 bits per heavy atom. The van der Waals surface area contributed by atoms with Crippen molar-refractivity contribution in [3.8, 4) is 5.75 Å². The first-order valence-electron chi connectivity index (χ1n) is 4.08. The summed E-state index contributed by atoms with van der Waals surface area (Å²) in [6.07, 6.45) is 0. The predicted octanol–water partition coefficient (Wildman–Crippen LogP) is 2.93. The van der Waals surface area contributed by atoms with Crippen molar-refractivity contribution in [2.24, 2.45) is 0 Å². The predicted molar refractivity (Wildman–Crippen MR) is 55.6 cm³/mol. The molecule has 70 valence electrons. The summed E-state index contributed by atoms with van der Waals surface area (Å²) in [5.74, 6) is 0.833. The van der Waals surface area contributed by atoms with E-state index in [-0.39, 0.29) is 4.69 Å². The minimum atomic E-state index is -0.0985. The quantitative estimate of drug-likeness (QED) is 0.763. The number of hydrogen-bond donors (Lipinski definition) is 0. The fourth-order valence-corrected chi connectivity index (χ4v) is 1.34. The first-order valence-corrected chi connectivity index (χ1v) is 4.87. The van der Waals surface area contributed by atoms with Crippen LogP contribution < -0.4 is 4.74 Å². The summed E-state index contributed by atoms with van der Waals surface area (Å²) in [4.78, 5) is 10.9. The zero-order valence-corrected chi connectivity index (χ0v) is 9.22. The van der Waals surface area contributed by atoms with Crippen molar-refractivity contribution in [3.63, 3.8) is 0 Å². The fraction of sp³-hybridized carbons (Fsp3) is 0.300. The van der Waals surface area contributed by atoms with Crippen LogP contribution in [0.15, 0.2) is 18.2 Å². The molecule has 0 unspecified atom stereocenters. The van der Waals surface area contributed by atoms with Gasteiger partial charge in [-0.3, -0.25) is 4.79 Å². The Hall–Kier alpha value is -0.830. The third kappa shape index (κ3) is 2.56. The molecule has 0 N–H and O–H groups in total. The molecule has 0 spiro atoms. The smallest absolute Gasteiger partial charge is 0.228 e. The Morgan fingerprint density at radius 1 is 1.54 bits per heavy atom. The molecule has 0 aliphatic carbocycles. The Kier molecular flexibility index (Phi) is 3.48. The largest absolute Gasteiger partial charge is 0.494 e. The highest BCUT2D eigenvalue weighted by Gasteiger charge is 2.04. The number of benzene rings is 1. The third-order valence-corrected chi connectivity index (χ3v) is 2.16. The number of hydrogen-bond acceptors (Lipinski definition) is 2. The van der Waals surface area contributed by atoms with Crippen molar-refractivity contribution >= 4 is 20.6 Å². The van der Waals surface area contributed by atoms with Crippen molar-refractivity contribution in [2.75, 3.05) is 6.61 Å². The van der Waals surface area contributed by atoms with Crippen LogP contribution in [0.5, 0.6) is 5.75 Å². The standard InChI is InChI=1S/C10H11BrO2/c1-3-13-9-5-4-8(10(11)12)6-7(9)2/h4-6H,3H2,1-2H3. The molecule has 3 heteroatoms. The average molecular weight is 243 g/mol. The minimum absolute atomic E-state index is 0.0985. The molecule has 1 aromatic carbocycles. The zero-order valence-electron chi connectivity index (χ0n) is 7.63. The Balaban J connectivity index is 2.98. The molecule has 0 amide bonds. The molecule has 1 rings (SSSR count). The van der Waals surface area contributed by atoms with E-state index >= 15 is 0 Å². The van der Waals surface area contributed by atoms with Crippen LogP contribution in [0.3, 0.4) is 0 Å². The van der Waals surface area contributed by atoms with Crippen LogP contribution in [-0.4, -0.2) is 11.3 Å². The summed E-state index contributed by atoms with van der Waals surface area (Å²) in [6, 6.07) is 5.37. The van der Waals surface area contributed by atoms with E-state index < -0.39 is 0 Å². The van der Waals surface area contributed by atoms with Crippen LogP contribution in [0.25, 0.3) is 0 Å². The first kappa shape index (κ1) is 10.3. The molecular weight excluding hydrogens is 232 g/mol. The van der Waals surface area contributed by atoms with Gasteiger partial charge in [0.15, 0.2) is 0 Å². The second-order valence-electron chi connectivity index (χ2n) is 2.69. The van der Waals surface area contributed by atoms with Gasteiger partial charge in [-0.05, 0) is 53.5 Å². The van der Waals surface area contributed by atoms with E-state index in [1.807, 2.05) is 26.0 Å². The fourth-order valence-electron chi connectivity index (χ4n) is 1.09. The maximum absolute atomic E-state index is 10.9. The second-order valence-corrected chi connectivity index (χ2v) is 3.41. The van der Waals surface area contributed by atoms with E-state index in [2.05, 4.69) is 15.9 Å². The lowest BCUT2D eigenvalue weighted by molar-refractivity contribution is 0.109. The van der Waals surface area contributed by atoms with E-state index in [0.29, 0.717) is 12.2 Å². The number of aryl methyl sites for hydroxylation is 1. The lowest BCUT2D eigenvalue weighted by atomic mass is 10.1. The molecule has 0 radical (unpaired) electrons. The summed E-state index contributed by atoms with van der Waals surface area (Å²) in [6.45, 7) is 4.50. The lowest BCUT2D eigenvalue weighted by Gasteiger charge is -2.06. The molecule has 0 heterocycles. The van der Waals surface area contributed by atoms with Gasteiger partial charge in [-0.1, -0.05) is 0 Å². The number of halogens is 1. The van der Waals surface area contributed by atoms with Gasteiger partial charge in [0.05, 0.1) is 6.61 Å². The highest BCUT2D eigenvalue weighted by atomic mass is 79.9. The normalized spacial score (nSPS) is 9.77. The third-order valence-electron chi connectivity index (χ3n) is 1.70. The van der Waals surface area contributed by atoms with Crippen molar-refractivity contribution in [1.29, 1.82) is 0 Å². The Bertz CT molecular complexity index is 321. The van der Waals surface area contributed by atoms with Gasteiger partial charge < -0.3 is 4.74 Å². The van der Waals surface area contributed by atoms with E-state index in [1.54, 1.807) is 6.07 Å². The molecule has 0 saturated carbocycles. The van der Waals surface area contributed by atoms with Gasteiger partial charge in [0.2, 0.25) is 4.69 Å². The molecule has 0 bridgehead atoms. The molecule has 0 fully saturated rings. The van der Waals surface area contributed by atoms with Crippen molar-refractivity contribution in [1.82, 2.24) is 0 Å². The van der Waals surface area contributed by atoms with Crippen LogP contribution in [0.4, 0.5) is 0 Å². The molecule has 1 aromatic rings. The van der Waals surface area contributed by atoms with Crippen LogP contribution in [0, 0.1) is 6.92 Å². The van der Waals surface area contributed by atoms with Gasteiger partial charge in [-0.15, -0.1) is 0 Å². The van der Waals surface area contributed by atoms with Crippen molar-refractivity contribution in [2.45, 2.75) is 13.8 Å². The van der Waals surface area contributed by atoms with E-state index in [4.69, 9.17) is 4.74 Å². The first-order chi connectivity index (χ1) is 6.15. The van der Waals surface area contributed by atoms with Gasteiger partial charge in [0, 0.05) is 5.56 Å². The number of carbonyl (C=O) groups excluding carboxylic acids is 1. The Morgan fingerprint density at radius 2 is 2.23 bits per heavy atom. The maximum atomic E-state index is 10.9. The average Bonchev–Trinajstić information content (AvgIpc) is 2.08. The zero-order chi connectivity index (χ0) is 9.84. The molecule has 0 saturated heterocycles. The molecule has 2 nitrogen and oxygen atoms in total. The monoisotopic (exact) mass is 242 g/mol. The van der Waals surface area contributed by atoms with Crippen LogP contribution in [0.1, 0.15) is 22.8 Å². The highest BCUT2D eigenvalue weighted by molar-refractivity contribution is 9.18. The number of ether oxygens (including phenoxy) is 1. The topological polar surface area (TPSA) is 26.3 Å². The SMILES string of the molecule is CCOc1ccc(C(=O)Br)cc1C. The van der Waals surface area contributed by atoms with E-state index in [1.165, 1.54) is 0 Å². The maximum Gasteiger partial charge on any atom is 0.228 e. The van der Waals surface area contributed by atoms with Crippen LogP contribution >= 0.6 is 15.9 Å². The summed E-state index contributed by atoms with van der Waals surface area (Å²) in [5.41, 5.74) is 1.63. The summed E-state index contributed by atoms with van der Waals surface area (Å²) in [7, 11) is 0. The van der Waals surface area contributed by atoms with Gasteiger partial charge in [0.25, 0.3) is 0 Å². The van der Waals surface area contributed by atoms with Gasteiger partial charge in [-0.2, -0.15) is 0 Å². The van der Waals surface area contributed by atoms with Gasteiger partial charge >= 0.3 is 0 Å². The van der Waals surface area contributed by atoms with Crippen LogP contribution in [0.2, 0.25) is 0 Å². The summed E-state index contributed by atoms with van der Waals surface area (Å²) in [5, 5.41) is 0.